The Kier molecular flexibility index (Phi) is 4.01. The van der Waals surface area contributed by atoms with Gasteiger partial charge in [0.1, 0.15) is 5.76 Å². The molecule has 1 aromatic carbocycles. The van der Waals surface area contributed by atoms with Crippen molar-refractivity contribution >= 4 is 11.6 Å². The summed E-state index contributed by atoms with van der Waals surface area (Å²) in [6.45, 7) is 1.77. The Balaban J connectivity index is 1.67. The summed E-state index contributed by atoms with van der Waals surface area (Å²) in [7, 11) is 0. The normalized spacial score (nSPS) is 10.4. The number of nitrogens with one attached hydrogen (secondary N) is 1. The fourth-order valence-electron chi connectivity index (χ4n) is 2.26. The number of anilines is 1. The highest BCUT2D eigenvalue weighted by atomic mass is 16.3. The first-order chi connectivity index (χ1) is 10.7. The van der Waals surface area contributed by atoms with Gasteiger partial charge in [-0.3, -0.25) is 9.78 Å². The first-order valence-corrected chi connectivity index (χ1v) is 7.05. The van der Waals surface area contributed by atoms with E-state index in [9.17, 15) is 4.79 Å². The van der Waals surface area contributed by atoms with Crippen LogP contribution in [0.1, 0.15) is 27.2 Å². The van der Waals surface area contributed by atoms with E-state index in [0.717, 1.165) is 12.1 Å². The summed E-state index contributed by atoms with van der Waals surface area (Å²) >= 11 is 0. The van der Waals surface area contributed by atoms with E-state index in [2.05, 4.69) is 10.3 Å². The van der Waals surface area contributed by atoms with E-state index in [1.54, 1.807) is 25.4 Å². The lowest BCUT2D eigenvalue weighted by Gasteiger charge is -2.06. The summed E-state index contributed by atoms with van der Waals surface area (Å²) < 4.78 is 5.14. The molecule has 0 unspecified atom stereocenters. The van der Waals surface area contributed by atoms with Gasteiger partial charge in [0.15, 0.2) is 0 Å². The van der Waals surface area contributed by atoms with E-state index in [-0.39, 0.29) is 5.91 Å². The Bertz CT molecular complexity index is 761. The van der Waals surface area contributed by atoms with Crippen molar-refractivity contribution in [1.29, 1.82) is 0 Å². The van der Waals surface area contributed by atoms with E-state index in [1.807, 2.05) is 36.4 Å². The molecule has 0 aliphatic carbocycles. The number of aromatic nitrogens is 1. The monoisotopic (exact) mass is 292 g/mol. The number of benzene rings is 1. The van der Waals surface area contributed by atoms with Gasteiger partial charge in [0.05, 0.1) is 11.8 Å². The summed E-state index contributed by atoms with van der Waals surface area (Å²) in [5.74, 6) is 0.458. The van der Waals surface area contributed by atoms with Crippen LogP contribution >= 0.6 is 0 Å². The largest absolute Gasteiger partial charge is 0.469 e. The SMILES string of the molecule is Cc1occc1C(=O)Nc1ccc(Cc2ccncc2)cc1. The number of carbonyl (C=O) groups is 1. The summed E-state index contributed by atoms with van der Waals surface area (Å²) in [5, 5.41) is 2.87. The van der Waals surface area contributed by atoms with Gasteiger partial charge in [-0.1, -0.05) is 12.1 Å². The third kappa shape index (κ3) is 3.23. The lowest BCUT2D eigenvalue weighted by molar-refractivity contribution is 0.102. The molecular weight excluding hydrogens is 276 g/mol. The molecule has 0 bridgehead atoms. The Morgan fingerprint density at radius 1 is 1.05 bits per heavy atom. The molecule has 2 heterocycles. The van der Waals surface area contributed by atoms with Crippen LogP contribution in [0.15, 0.2) is 65.5 Å². The van der Waals surface area contributed by atoms with Gasteiger partial charge < -0.3 is 9.73 Å². The fraction of sp³-hybridized carbons (Fsp3) is 0.111. The smallest absolute Gasteiger partial charge is 0.259 e. The second-order valence-electron chi connectivity index (χ2n) is 5.07. The lowest BCUT2D eigenvalue weighted by atomic mass is 10.1. The number of carbonyl (C=O) groups excluding carboxylic acids is 1. The molecule has 0 atom stereocenters. The van der Waals surface area contributed by atoms with Crippen molar-refractivity contribution in [2.24, 2.45) is 0 Å². The van der Waals surface area contributed by atoms with Crippen LogP contribution in [0.2, 0.25) is 0 Å². The average Bonchev–Trinajstić information content (AvgIpc) is 2.96. The van der Waals surface area contributed by atoms with Crippen LogP contribution in [0.5, 0.6) is 0 Å². The number of rotatable bonds is 4. The molecule has 1 N–H and O–H groups in total. The van der Waals surface area contributed by atoms with Gasteiger partial charge in [0.2, 0.25) is 0 Å². The second kappa shape index (κ2) is 6.26. The number of pyridine rings is 1. The van der Waals surface area contributed by atoms with Crippen molar-refractivity contribution in [3.63, 3.8) is 0 Å². The molecule has 0 fully saturated rings. The Hall–Kier alpha value is -2.88. The minimum absolute atomic E-state index is 0.159. The van der Waals surface area contributed by atoms with Gasteiger partial charge in [0, 0.05) is 18.1 Å². The fourth-order valence-corrected chi connectivity index (χ4v) is 2.26. The van der Waals surface area contributed by atoms with Gasteiger partial charge in [-0.05, 0) is 54.8 Å². The molecule has 0 radical (unpaired) electrons. The number of hydrogen-bond acceptors (Lipinski definition) is 3. The van der Waals surface area contributed by atoms with Crippen LogP contribution in [0.4, 0.5) is 5.69 Å². The van der Waals surface area contributed by atoms with Crippen molar-refractivity contribution in [3.8, 4) is 0 Å². The maximum atomic E-state index is 12.1. The standard InChI is InChI=1S/C18H16N2O2/c1-13-17(8-11-22-13)18(21)20-16-4-2-14(3-5-16)12-15-6-9-19-10-7-15/h2-11H,12H2,1H3,(H,20,21). The summed E-state index contributed by atoms with van der Waals surface area (Å²) in [6.07, 6.45) is 5.94. The number of hydrogen-bond donors (Lipinski definition) is 1. The van der Waals surface area contributed by atoms with E-state index in [4.69, 9.17) is 4.42 Å². The third-order valence-corrected chi connectivity index (χ3v) is 3.47. The second-order valence-corrected chi connectivity index (χ2v) is 5.07. The van der Waals surface area contributed by atoms with E-state index in [1.165, 1.54) is 17.4 Å². The highest BCUT2D eigenvalue weighted by Crippen LogP contribution is 2.16. The number of aryl methyl sites for hydroxylation is 1. The zero-order valence-electron chi connectivity index (χ0n) is 12.2. The molecule has 0 aliphatic rings. The van der Waals surface area contributed by atoms with Gasteiger partial charge >= 0.3 is 0 Å². The van der Waals surface area contributed by atoms with Crippen molar-refractivity contribution in [3.05, 3.63) is 83.6 Å². The molecule has 1 amide bonds. The maximum Gasteiger partial charge on any atom is 0.259 e. The van der Waals surface area contributed by atoms with Gasteiger partial charge in [-0.2, -0.15) is 0 Å². The Morgan fingerprint density at radius 3 is 2.36 bits per heavy atom. The predicted molar refractivity (Wildman–Crippen MR) is 84.9 cm³/mol. The Morgan fingerprint density at radius 2 is 1.73 bits per heavy atom. The van der Waals surface area contributed by atoms with Gasteiger partial charge in [-0.25, -0.2) is 0 Å². The predicted octanol–water partition coefficient (Wildman–Crippen LogP) is 3.83. The quantitative estimate of drug-likeness (QED) is 0.795. The molecule has 0 saturated carbocycles. The highest BCUT2D eigenvalue weighted by molar-refractivity contribution is 6.04. The van der Waals surface area contributed by atoms with Crippen LogP contribution in [-0.4, -0.2) is 10.9 Å². The number of furan rings is 1. The van der Waals surface area contributed by atoms with Crippen LogP contribution < -0.4 is 5.32 Å². The molecule has 3 rings (SSSR count). The minimum atomic E-state index is -0.159. The molecular formula is C18H16N2O2. The van der Waals surface area contributed by atoms with Crippen LogP contribution in [0.3, 0.4) is 0 Å². The number of amides is 1. The molecule has 0 spiro atoms. The van der Waals surface area contributed by atoms with E-state index in [0.29, 0.717) is 11.3 Å². The van der Waals surface area contributed by atoms with Gasteiger partial charge in [0.25, 0.3) is 5.91 Å². The Labute approximate surface area is 128 Å². The van der Waals surface area contributed by atoms with Crippen LogP contribution in [-0.2, 0) is 6.42 Å². The van der Waals surface area contributed by atoms with Crippen molar-refractivity contribution in [2.45, 2.75) is 13.3 Å². The lowest BCUT2D eigenvalue weighted by Crippen LogP contribution is -2.12. The first-order valence-electron chi connectivity index (χ1n) is 7.05. The molecule has 0 aliphatic heterocycles. The van der Waals surface area contributed by atoms with Gasteiger partial charge in [-0.15, -0.1) is 0 Å². The zero-order valence-corrected chi connectivity index (χ0v) is 12.2. The molecule has 110 valence electrons. The molecule has 22 heavy (non-hydrogen) atoms. The van der Waals surface area contributed by atoms with Crippen LogP contribution in [0.25, 0.3) is 0 Å². The molecule has 2 aromatic heterocycles. The topological polar surface area (TPSA) is 55.1 Å². The first kappa shape index (κ1) is 14.1. The molecule has 3 aromatic rings. The summed E-state index contributed by atoms with van der Waals surface area (Å²) in [6, 6.07) is 13.5. The molecule has 0 saturated heterocycles. The summed E-state index contributed by atoms with van der Waals surface area (Å²) in [4.78, 5) is 16.1. The maximum absolute atomic E-state index is 12.1. The van der Waals surface area contributed by atoms with E-state index >= 15 is 0 Å². The molecule has 4 heteroatoms. The summed E-state index contributed by atoms with van der Waals surface area (Å²) in [5.41, 5.74) is 3.72. The van der Waals surface area contributed by atoms with E-state index < -0.39 is 0 Å². The van der Waals surface area contributed by atoms with Crippen molar-refractivity contribution in [1.82, 2.24) is 4.98 Å². The zero-order chi connectivity index (χ0) is 15.4. The third-order valence-electron chi connectivity index (χ3n) is 3.47. The van der Waals surface area contributed by atoms with Crippen LogP contribution in [0, 0.1) is 6.92 Å². The van der Waals surface area contributed by atoms with Crippen molar-refractivity contribution in [2.75, 3.05) is 5.32 Å². The number of nitrogens with zero attached hydrogens (tertiary/aromatic N) is 1. The average molecular weight is 292 g/mol. The molecule has 4 nitrogen and oxygen atoms in total. The van der Waals surface area contributed by atoms with Crippen molar-refractivity contribution < 1.29 is 9.21 Å². The minimum Gasteiger partial charge on any atom is -0.469 e. The highest BCUT2D eigenvalue weighted by Gasteiger charge is 2.11.